The van der Waals surface area contributed by atoms with Crippen LogP contribution in [-0.4, -0.2) is 29.3 Å². The lowest BCUT2D eigenvalue weighted by molar-refractivity contribution is 0.243. The molecule has 1 aromatic heterocycles. The number of rotatable bonds is 5. The second-order valence-electron chi connectivity index (χ2n) is 3.69. The van der Waals surface area contributed by atoms with Crippen molar-refractivity contribution in [2.45, 2.75) is 13.3 Å². The Morgan fingerprint density at radius 3 is 3.06 bits per heavy atom. The fourth-order valence-corrected chi connectivity index (χ4v) is 1.20. The molecule has 0 aliphatic carbocycles. The van der Waals surface area contributed by atoms with Crippen molar-refractivity contribution in [3.05, 3.63) is 24.5 Å². The molecular weight excluding hydrogens is 206 g/mol. The first kappa shape index (κ1) is 12.4. The number of hydrogen-bond donors (Lipinski definition) is 3. The van der Waals surface area contributed by atoms with E-state index in [4.69, 9.17) is 5.11 Å². The van der Waals surface area contributed by atoms with Crippen molar-refractivity contribution in [1.29, 1.82) is 0 Å². The Balaban J connectivity index is 2.26. The van der Waals surface area contributed by atoms with Crippen LogP contribution in [0, 0.1) is 5.92 Å². The molecule has 0 saturated heterocycles. The molecule has 1 heterocycles. The van der Waals surface area contributed by atoms with Crippen molar-refractivity contribution in [1.82, 2.24) is 10.3 Å². The number of aliphatic hydroxyl groups is 1. The Morgan fingerprint density at radius 1 is 1.62 bits per heavy atom. The number of hydrogen-bond acceptors (Lipinski definition) is 3. The van der Waals surface area contributed by atoms with Crippen LogP contribution in [0.5, 0.6) is 0 Å². The average molecular weight is 223 g/mol. The highest BCUT2D eigenvalue weighted by molar-refractivity contribution is 5.88. The summed E-state index contributed by atoms with van der Waals surface area (Å²) in [5.74, 6) is 0.268. The largest absolute Gasteiger partial charge is 0.396 e. The number of urea groups is 1. The van der Waals surface area contributed by atoms with E-state index in [2.05, 4.69) is 15.6 Å². The molecule has 0 aliphatic heterocycles. The second kappa shape index (κ2) is 6.79. The quantitative estimate of drug-likeness (QED) is 0.702. The molecule has 1 unspecified atom stereocenters. The van der Waals surface area contributed by atoms with Gasteiger partial charge in [0.05, 0.1) is 11.9 Å². The number of nitrogens with zero attached hydrogens (tertiary/aromatic N) is 1. The molecule has 0 radical (unpaired) electrons. The fraction of sp³-hybridized carbons (Fsp3) is 0.455. The standard InChI is InChI=1S/C11H17N3O2/c1-9(4-6-15)7-13-11(16)14-10-3-2-5-12-8-10/h2-3,5,8-9,15H,4,6-7H2,1H3,(H2,13,14,16). The number of amides is 2. The molecule has 5 nitrogen and oxygen atoms in total. The summed E-state index contributed by atoms with van der Waals surface area (Å²) in [6.07, 6.45) is 3.91. The van der Waals surface area contributed by atoms with Gasteiger partial charge in [0.2, 0.25) is 0 Å². The van der Waals surface area contributed by atoms with Gasteiger partial charge in [0, 0.05) is 19.3 Å². The van der Waals surface area contributed by atoms with E-state index in [0.717, 1.165) is 0 Å². The number of carbonyl (C=O) groups excluding carboxylic acids is 1. The molecule has 0 fully saturated rings. The third-order valence-corrected chi connectivity index (χ3v) is 2.15. The smallest absolute Gasteiger partial charge is 0.319 e. The number of aliphatic hydroxyl groups excluding tert-OH is 1. The highest BCUT2D eigenvalue weighted by Gasteiger charge is 2.04. The summed E-state index contributed by atoms with van der Waals surface area (Å²) < 4.78 is 0. The third kappa shape index (κ3) is 4.75. The topological polar surface area (TPSA) is 74.2 Å². The lowest BCUT2D eigenvalue weighted by Crippen LogP contribution is -2.32. The van der Waals surface area contributed by atoms with Crippen LogP contribution in [0.25, 0.3) is 0 Å². The summed E-state index contributed by atoms with van der Waals surface area (Å²) in [5.41, 5.74) is 0.662. The predicted octanol–water partition coefficient (Wildman–Crippen LogP) is 1.22. The highest BCUT2D eigenvalue weighted by Crippen LogP contribution is 2.02. The van der Waals surface area contributed by atoms with Crippen LogP contribution >= 0.6 is 0 Å². The molecule has 88 valence electrons. The van der Waals surface area contributed by atoms with E-state index < -0.39 is 0 Å². The van der Waals surface area contributed by atoms with Gasteiger partial charge >= 0.3 is 6.03 Å². The lowest BCUT2D eigenvalue weighted by Gasteiger charge is -2.11. The van der Waals surface area contributed by atoms with Gasteiger partial charge in [-0.1, -0.05) is 6.92 Å². The monoisotopic (exact) mass is 223 g/mol. The molecule has 0 spiro atoms. The maximum absolute atomic E-state index is 11.4. The van der Waals surface area contributed by atoms with E-state index in [1.54, 1.807) is 24.5 Å². The molecule has 5 heteroatoms. The summed E-state index contributed by atoms with van der Waals surface area (Å²) >= 11 is 0. The number of nitrogens with one attached hydrogen (secondary N) is 2. The summed E-state index contributed by atoms with van der Waals surface area (Å²) in [4.78, 5) is 15.3. The van der Waals surface area contributed by atoms with E-state index in [-0.39, 0.29) is 18.6 Å². The first-order valence-corrected chi connectivity index (χ1v) is 5.28. The van der Waals surface area contributed by atoms with E-state index in [1.807, 2.05) is 6.92 Å². The van der Waals surface area contributed by atoms with Crippen LogP contribution < -0.4 is 10.6 Å². The Bertz CT molecular complexity index is 316. The van der Waals surface area contributed by atoms with Crippen molar-refractivity contribution in [3.63, 3.8) is 0 Å². The number of pyridine rings is 1. The minimum atomic E-state index is -0.252. The van der Waals surface area contributed by atoms with E-state index in [9.17, 15) is 4.79 Å². The third-order valence-electron chi connectivity index (χ3n) is 2.15. The normalized spacial score (nSPS) is 11.9. The predicted molar refractivity (Wildman–Crippen MR) is 62.1 cm³/mol. The van der Waals surface area contributed by atoms with Gasteiger partial charge in [-0.25, -0.2) is 4.79 Å². The molecule has 3 N–H and O–H groups in total. The summed E-state index contributed by atoms with van der Waals surface area (Å²) in [6, 6.07) is 3.27. The minimum Gasteiger partial charge on any atom is -0.396 e. The zero-order valence-electron chi connectivity index (χ0n) is 9.31. The van der Waals surface area contributed by atoms with Crippen LogP contribution in [0.15, 0.2) is 24.5 Å². The van der Waals surface area contributed by atoms with Crippen LogP contribution in [0.2, 0.25) is 0 Å². The molecule has 16 heavy (non-hydrogen) atoms. The van der Waals surface area contributed by atoms with Crippen LogP contribution in [0.1, 0.15) is 13.3 Å². The Morgan fingerprint density at radius 2 is 2.44 bits per heavy atom. The first-order chi connectivity index (χ1) is 7.72. The van der Waals surface area contributed by atoms with Crippen LogP contribution in [0.4, 0.5) is 10.5 Å². The maximum Gasteiger partial charge on any atom is 0.319 e. The van der Waals surface area contributed by atoms with Gasteiger partial charge in [-0.05, 0) is 24.5 Å². The van der Waals surface area contributed by atoms with Crippen LogP contribution in [0.3, 0.4) is 0 Å². The zero-order valence-corrected chi connectivity index (χ0v) is 9.31. The SMILES string of the molecule is CC(CCO)CNC(=O)Nc1cccnc1. The lowest BCUT2D eigenvalue weighted by atomic mass is 10.1. The van der Waals surface area contributed by atoms with Crippen molar-refractivity contribution in [3.8, 4) is 0 Å². The molecule has 0 bridgehead atoms. The van der Waals surface area contributed by atoms with E-state index in [0.29, 0.717) is 18.7 Å². The number of anilines is 1. The molecule has 0 aromatic carbocycles. The Labute approximate surface area is 94.9 Å². The summed E-state index contributed by atoms with van der Waals surface area (Å²) in [6.45, 7) is 2.67. The Kier molecular flexibility index (Phi) is 5.28. The molecule has 0 aliphatic rings. The zero-order chi connectivity index (χ0) is 11.8. The minimum absolute atomic E-state index is 0.146. The first-order valence-electron chi connectivity index (χ1n) is 5.28. The molecule has 2 amide bonds. The van der Waals surface area contributed by atoms with Gasteiger partial charge in [-0.3, -0.25) is 4.98 Å². The number of aromatic nitrogens is 1. The highest BCUT2D eigenvalue weighted by atomic mass is 16.3. The van der Waals surface area contributed by atoms with E-state index >= 15 is 0 Å². The average Bonchev–Trinajstić information content (AvgIpc) is 2.28. The van der Waals surface area contributed by atoms with Gasteiger partial charge in [-0.2, -0.15) is 0 Å². The summed E-state index contributed by atoms with van der Waals surface area (Å²) in [5, 5.41) is 14.1. The Hall–Kier alpha value is -1.62. The molecule has 1 aromatic rings. The second-order valence-corrected chi connectivity index (χ2v) is 3.69. The fourth-order valence-electron chi connectivity index (χ4n) is 1.20. The molecule has 1 rings (SSSR count). The van der Waals surface area contributed by atoms with Gasteiger partial charge in [0.25, 0.3) is 0 Å². The van der Waals surface area contributed by atoms with Gasteiger partial charge < -0.3 is 15.7 Å². The van der Waals surface area contributed by atoms with E-state index in [1.165, 1.54) is 0 Å². The van der Waals surface area contributed by atoms with Crippen molar-refractivity contribution in [2.75, 3.05) is 18.5 Å². The van der Waals surface area contributed by atoms with Crippen molar-refractivity contribution in [2.24, 2.45) is 5.92 Å². The van der Waals surface area contributed by atoms with Gasteiger partial charge in [0.15, 0.2) is 0 Å². The van der Waals surface area contributed by atoms with Gasteiger partial charge in [-0.15, -0.1) is 0 Å². The molecular formula is C11H17N3O2. The van der Waals surface area contributed by atoms with Crippen LogP contribution in [-0.2, 0) is 0 Å². The van der Waals surface area contributed by atoms with Gasteiger partial charge in [0.1, 0.15) is 0 Å². The van der Waals surface area contributed by atoms with Crippen molar-refractivity contribution < 1.29 is 9.90 Å². The van der Waals surface area contributed by atoms with Crippen molar-refractivity contribution >= 4 is 11.7 Å². The molecule has 1 atom stereocenters. The summed E-state index contributed by atoms with van der Waals surface area (Å²) in [7, 11) is 0. The maximum atomic E-state index is 11.4. The number of carbonyl (C=O) groups is 1. The molecule has 0 saturated carbocycles.